The lowest BCUT2D eigenvalue weighted by molar-refractivity contribution is -0.148. The Morgan fingerprint density at radius 1 is 1.21 bits per heavy atom. The summed E-state index contributed by atoms with van der Waals surface area (Å²) in [5.74, 6) is -1.32. The summed E-state index contributed by atoms with van der Waals surface area (Å²) in [7, 11) is 1.30. The van der Waals surface area contributed by atoms with E-state index in [1.165, 1.54) is 19.2 Å². The fourth-order valence-electron chi connectivity index (χ4n) is 3.76. The highest BCUT2D eigenvalue weighted by molar-refractivity contribution is 5.94. The molecule has 0 bridgehead atoms. The molecule has 0 aromatic heterocycles. The van der Waals surface area contributed by atoms with Gasteiger partial charge in [-0.05, 0) is 37.0 Å². The molecule has 0 radical (unpaired) electrons. The number of rotatable bonds is 4. The summed E-state index contributed by atoms with van der Waals surface area (Å²) < 4.78 is 4.91. The zero-order valence-corrected chi connectivity index (χ0v) is 14.0. The minimum Gasteiger partial charge on any atom is -0.504 e. The number of esters is 1. The van der Waals surface area contributed by atoms with Crippen molar-refractivity contribution in [3.8, 4) is 11.5 Å². The molecule has 2 unspecified atom stereocenters. The average Bonchev–Trinajstić information content (AvgIpc) is 3.11. The number of carbonyl (C=O) groups is 2. The maximum atomic E-state index is 12.7. The van der Waals surface area contributed by atoms with Gasteiger partial charge in [0.15, 0.2) is 11.5 Å². The first-order valence-corrected chi connectivity index (χ1v) is 8.25. The van der Waals surface area contributed by atoms with Crippen LogP contribution in [0.3, 0.4) is 0 Å². The molecule has 130 valence electrons. The minimum absolute atomic E-state index is 0.115. The summed E-state index contributed by atoms with van der Waals surface area (Å²) in [5, 5.41) is 22.1. The number of benzene rings is 1. The molecule has 1 amide bonds. The Morgan fingerprint density at radius 2 is 1.88 bits per heavy atom. The van der Waals surface area contributed by atoms with E-state index in [2.05, 4.69) is 5.32 Å². The number of phenolic OH excluding ortho intramolecular Hbond substituents is 2. The number of carbonyl (C=O) groups excluding carboxylic acids is 2. The number of hydrogen-bond donors (Lipinski definition) is 3. The summed E-state index contributed by atoms with van der Waals surface area (Å²) >= 11 is 0. The van der Waals surface area contributed by atoms with E-state index in [1.807, 2.05) is 6.92 Å². The van der Waals surface area contributed by atoms with Gasteiger partial charge in [-0.1, -0.05) is 25.8 Å². The predicted molar refractivity (Wildman–Crippen MR) is 86.6 cm³/mol. The lowest BCUT2D eigenvalue weighted by Gasteiger charge is -2.26. The number of aromatic hydroxyl groups is 2. The van der Waals surface area contributed by atoms with Crippen LogP contribution in [0.15, 0.2) is 18.2 Å². The second-order valence-electron chi connectivity index (χ2n) is 7.19. The highest BCUT2D eigenvalue weighted by Gasteiger charge is 2.64. The van der Waals surface area contributed by atoms with Crippen molar-refractivity contribution >= 4 is 11.9 Å². The Labute approximate surface area is 140 Å². The first-order valence-electron chi connectivity index (χ1n) is 8.25. The number of methoxy groups -OCH3 is 1. The molecule has 2 aliphatic rings. The molecule has 0 spiro atoms. The van der Waals surface area contributed by atoms with E-state index in [1.54, 1.807) is 6.07 Å². The maximum absolute atomic E-state index is 12.7. The molecule has 1 aromatic carbocycles. The van der Waals surface area contributed by atoms with Crippen molar-refractivity contribution in [3.63, 3.8) is 0 Å². The quantitative estimate of drug-likeness (QED) is 0.580. The SMILES string of the molecule is COC(=O)C1(NC(=O)C2(C)CCCC2)CC1c1ccc(O)c(O)c1. The van der Waals surface area contributed by atoms with Crippen molar-refractivity contribution < 1.29 is 24.5 Å². The van der Waals surface area contributed by atoms with Crippen LogP contribution < -0.4 is 5.32 Å². The summed E-state index contributed by atoms with van der Waals surface area (Å²) in [6.45, 7) is 1.93. The molecule has 24 heavy (non-hydrogen) atoms. The van der Waals surface area contributed by atoms with E-state index in [-0.39, 0.29) is 23.3 Å². The largest absolute Gasteiger partial charge is 0.504 e. The number of amides is 1. The molecule has 2 fully saturated rings. The number of phenols is 2. The third-order valence-corrected chi connectivity index (χ3v) is 5.50. The second-order valence-corrected chi connectivity index (χ2v) is 7.19. The Balaban J connectivity index is 1.84. The van der Waals surface area contributed by atoms with Crippen LogP contribution in [0.5, 0.6) is 11.5 Å². The van der Waals surface area contributed by atoms with Gasteiger partial charge in [0, 0.05) is 11.3 Å². The van der Waals surface area contributed by atoms with Crippen molar-refractivity contribution in [1.29, 1.82) is 0 Å². The van der Waals surface area contributed by atoms with Crippen molar-refractivity contribution in [3.05, 3.63) is 23.8 Å². The smallest absolute Gasteiger partial charge is 0.332 e. The lowest BCUT2D eigenvalue weighted by Crippen LogP contribution is -2.50. The molecule has 6 heteroatoms. The van der Waals surface area contributed by atoms with Gasteiger partial charge in [0.05, 0.1) is 7.11 Å². The van der Waals surface area contributed by atoms with Gasteiger partial charge in [0.1, 0.15) is 5.54 Å². The summed E-state index contributed by atoms with van der Waals surface area (Å²) in [6, 6.07) is 4.45. The minimum atomic E-state index is -1.08. The highest BCUT2D eigenvalue weighted by atomic mass is 16.5. The number of nitrogens with one attached hydrogen (secondary N) is 1. The van der Waals surface area contributed by atoms with E-state index in [0.717, 1.165) is 25.7 Å². The van der Waals surface area contributed by atoms with E-state index in [4.69, 9.17) is 4.74 Å². The monoisotopic (exact) mass is 333 g/mol. The normalized spacial score (nSPS) is 27.5. The molecule has 2 aliphatic carbocycles. The molecule has 3 rings (SSSR count). The van der Waals surface area contributed by atoms with Crippen LogP contribution in [0.2, 0.25) is 0 Å². The summed E-state index contributed by atoms with van der Waals surface area (Å²) in [6.07, 6.45) is 4.10. The van der Waals surface area contributed by atoms with Crippen LogP contribution in [-0.2, 0) is 14.3 Å². The van der Waals surface area contributed by atoms with E-state index < -0.39 is 16.9 Å². The average molecular weight is 333 g/mol. The van der Waals surface area contributed by atoms with Crippen molar-refractivity contribution in [1.82, 2.24) is 5.32 Å². The van der Waals surface area contributed by atoms with Crippen molar-refractivity contribution in [2.75, 3.05) is 7.11 Å². The number of hydrogen-bond acceptors (Lipinski definition) is 5. The molecule has 6 nitrogen and oxygen atoms in total. The zero-order valence-electron chi connectivity index (χ0n) is 14.0. The second kappa shape index (κ2) is 5.69. The Morgan fingerprint density at radius 3 is 2.46 bits per heavy atom. The molecule has 3 N–H and O–H groups in total. The third kappa shape index (κ3) is 2.60. The topological polar surface area (TPSA) is 95.9 Å². The molecule has 0 saturated heterocycles. The van der Waals surface area contributed by atoms with Gasteiger partial charge in [-0.15, -0.1) is 0 Å². The van der Waals surface area contributed by atoms with Gasteiger partial charge in [-0.25, -0.2) is 4.79 Å². The maximum Gasteiger partial charge on any atom is 0.332 e. The van der Waals surface area contributed by atoms with Gasteiger partial charge in [-0.2, -0.15) is 0 Å². The third-order valence-electron chi connectivity index (χ3n) is 5.50. The van der Waals surface area contributed by atoms with E-state index in [9.17, 15) is 19.8 Å². The molecule has 1 aromatic rings. The predicted octanol–water partition coefficient (Wildman–Crippen LogP) is 2.19. The Kier molecular flexibility index (Phi) is 3.94. The van der Waals surface area contributed by atoms with Crippen LogP contribution >= 0.6 is 0 Å². The molecule has 2 atom stereocenters. The van der Waals surface area contributed by atoms with E-state index >= 15 is 0 Å². The molecular weight excluding hydrogens is 310 g/mol. The first kappa shape index (κ1) is 16.6. The fraction of sp³-hybridized carbons (Fsp3) is 0.556. The summed E-state index contributed by atoms with van der Waals surface area (Å²) in [5.41, 5.74) is -0.834. The summed E-state index contributed by atoms with van der Waals surface area (Å²) in [4.78, 5) is 25.1. The van der Waals surface area contributed by atoms with E-state index in [0.29, 0.717) is 12.0 Å². The standard InChI is InChI=1S/C18H23NO5/c1-17(7-3-4-8-17)15(22)19-18(16(23)24-2)10-12(18)11-5-6-13(20)14(21)9-11/h5-6,9,12,20-21H,3-4,7-8,10H2,1-2H3,(H,19,22). The van der Waals surface area contributed by atoms with Gasteiger partial charge >= 0.3 is 5.97 Å². The molecule has 0 aliphatic heterocycles. The Bertz CT molecular complexity index is 680. The zero-order chi connectivity index (χ0) is 17.5. The van der Waals surface area contributed by atoms with Gasteiger partial charge in [0.25, 0.3) is 0 Å². The fourth-order valence-corrected chi connectivity index (χ4v) is 3.76. The lowest BCUT2D eigenvalue weighted by atomic mass is 9.87. The van der Waals surface area contributed by atoms with Crippen molar-refractivity contribution in [2.24, 2.45) is 5.41 Å². The van der Waals surface area contributed by atoms with Crippen LogP contribution in [0.4, 0.5) is 0 Å². The van der Waals surface area contributed by atoms with Gasteiger partial charge in [-0.3, -0.25) is 4.79 Å². The first-order chi connectivity index (χ1) is 11.3. The molecular formula is C18H23NO5. The van der Waals surface area contributed by atoms with Gasteiger partial charge in [0.2, 0.25) is 5.91 Å². The molecule has 2 saturated carbocycles. The highest BCUT2D eigenvalue weighted by Crippen LogP contribution is 2.54. The Hall–Kier alpha value is -2.24. The number of ether oxygens (including phenoxy) is 1. The molecule has 0 heterocycles. The van der Waals surface area contributed by atoms with Crippen LogP contribution in [-0.4, -0.2) is 34.7 Å². The van der Waals surface area contributed by atoms with Crippen LogP contribution in [0.25, 0.3) is 0 Å². The van der Waals surface area contributed by atoms with Crippen LogP contribution in [0, 0.1) is 5.41 Å². The van der Waals surface area contributed by atoms with Gasteiger partial charge < -0.3 is 20.3 Å². The van der Waals surface area contributed by atoms with Crippen molar-refractivity contribution in [2.45, 2.75) is 50.5 Å². The van der Waals surface area contributed by atoms with Crippen LogP contribution in [0.1, 0.15) is 50.5 Å².